The minimum Gasteiger partial charge on any atom is -0.506 e. The first kappa shape index (κ1) is 14.5. The maximum absolute atomic E-state index is 11.8. The molecule has 0 radical (unpaired) electrons. The number of pyridine rings is 1. The van der Waals surface area contributed by atoms with Gasteiger partial charge in [0, 0.05) is 6.20 Å². The molecule has 0 saturated carbocycles. The quantitative estimate of drug-likeness (QED) is 0.581. The van der Waals surface area contributed by atoms with Crippen LogP contribution in [0, 0.1) is 13.8 Å². The lowest BCUT2D eigenvalue weighted by Crippen LogP contribution is -2.29. The predicted molar refractivity (Wildman–Crippen MR) is 79.1 cm³/mol. The molecule has 2 aromatic rings. The topological polar surface area (TPSA) is 91.3 Å². The van der Waals surface area contributed by atoms with Gasteiger partial charge in [-0.15, -0.1) is 0 Å². The van der Waals surface area contributed by atoms with Gasteiger partial charge in [-0.05, 0) is 49.2 Å². The third-order valence-corrected chi connectivity index (χ3v) is 2.76. The summed E-state index contributed by atoms with van der Waals surface area (Å²) < 4.78 is 0. The van der Waals surface area contributed by atoms with Crippen molar-refractivity contribution in [2.45, 2.75) is 13.8 Å². The average molecular weight is 285 g/mol. The fourth-order valence-electron chi connectivity index (χ4n) is 1.70. The van der Waals surface area contributed by atoms with E-state index in [1.54, 1.807) is 25.1 Å². The molecule has 1 aromatic heterocycles. The zero-order chi connectivity index (χ0) is 15.4. The lowest BCUT2D eigenvalue weighted by molar-refractivity contribution is -0.133. The first-order valence-electron chi connectivity index (χ1n) is 6.30. The smallest absolute Gasteiger partial charge is 0.315 e. The number of hydrogen-bond donors (Lipinski definition) is 3. The number of nitrogens with zero attached hydrogens (tertiary/aromatic N) is 1. The number of carbonyl (C=O) groups excluding carboxylic acids is 2. The Kier molecular flexibility index (Phi) is 4.18. The third-order valence-electron chi connectivity index (χ3n) is 2.76. The lowest BCUT2D eigenvalue weighted by Gasteiger charge is -2.08. The normalized spacial score (nSPS) is 10.0. The molecule has 6 nitrogen and oxygen atoms in total. The van der Waals surface area contributed by atoms with Crippen LogP contribution in [0.3, 0.4) is 0 Å². The van der Waals surface area contributed by atoms with E-state index in [0.717, 1.165) is 11.1 Å². The van der Waals surface area contributed by atoms with Gasteiger partial charge in [-0.1, -0.05) is 6.07 Å². The van der Waals surface area contributed by atoms with E-state index < -0.39 is 11.8 Å². The molecular weight excluding hydrogens is 270 g/mol. The number of hydrogen-bond acceptors (Lipinski definition) is 4. The maximum Gasteiger partial charge on any atom is 0.315 e. The highest BCUT2D eigenvalue weighted by Gasteiger charge is 2.16. The summed E-state index contributed by atoms with van der Waals surface area (Å²) in [6.45, 7) is 3.66. The van der Waals surface area contributed by atoms with E-state index in [2.05, 4.69) is 15.6 Å². The molecule has 1 heterocycles. The number of aryl methyl sites for hydroxylation is 2. The summed E-state index contributed by atoms with van der Waals surface area (Å²) in [5, 5.41) is 14.4. The fourth-order valence-corrected chi connectivity index (χ4v) is 1.70. The Morgan fingerprint density at radius 1 is 1.00 bits per heavy atom. The molecule has 0 bridgehead atoms. The second-order valence-electron chi connectivity index (χ2n) is 4.65. The number of amides is 2. The molecule has 21 heavy (non-hydrogen) atoms. The number of nitrogens with one attached hydrogen (secondary N) is 2. The van der Waals surface area contributed by atoms with Crippen LogP contribution >= 0.6 is 0 Å². The second-order valence-corrected chi connectivity index (χ2v) is 4.65. The van der Waals surface area contributed by atoms with Crippen molar-refractivity contribution in [1.82, 2.24) is 4.98 Å². The summed E-state index contributed by atoms with van der Waals surface area (Å²) in [7, 11) is 0. The van der Waals surface area contributed by atoms with Crippen molar-refractivity contribution in [3.05, 3.63) is 47.7 Å². The van der Waals surface area contributed by atoms with E-state index in [1.165, 1.54) is 18.3 Å². The van der Waals surface area contributed by atoms with Crippen LogP contribution in [-0.2, 0) is 9.59 Å². The molecule has 0 fully saturated rings. The van der Waals surface area contributed by atoms with Crippen molar-refractivity contribution in [1.29, 1.82) is 0 Å². The summed E-state index contributed by atoms with van der Waals surface area (Å²) in [5.41, 5.74) is 1.94. The number of aromatic nitrogens is 1. The summed E-state index contributed by atoms with van der Waals surface area (Å²) in [4.78, 5) is 27.5. The Hall–Kier alpha value is -2.89. The molecule has 3 N–H and O–H groups in total. The van der Waals surface area contributed by atoms with Gasteiger partial charge in [-0.3, -0.25) is 9.59 Å². The van der Waals surface area contributed by atoms with Crippen LogP contribution in [0.1, 0.15) is 11.1 Å². The monoisotopic (exact) mass is 285 g/mol. The highest BCUT2D eigenvalue weighted by Crippen LogP contribution is 2.23. The van der Waals surface area contributed by atoms with E-state index in [4.69, 9.17) is 0 Å². The Bertz CT molecular complexity index is 698. The molecule has 0 aliphatic heterocycles. The van der Waals surface area contributed by atoms with Gasteiger partial charge in [0.2, 0.25) is 0 Å². The molecular formula is C15H15N3O3. The van der Waals surface area contributed by atoms with Crippen molar-refractivity contribution in [3.8, 4) is 5.75 Å². The first-order chi connectivity index (χ1) is 9.95. The van der Waals surface area contributed by atoms with Gasteiger partial charge in [0.05, 0.1) is 5.69 Å². The molecule has 108 valence electrons. The highest BCUT2D eigenvalue weighted by atomic mass is 16.3. The van der Waals surface area contributed by atoms with Crippen molar-refractivity contribution in [2.75, 3.05) is 10.6 Å². The van der Waals surface area contributed by atoms with Crippen LogP contribution in [0.15, 0.2) is 36.5 Å². The van der Waals surface area contributed by atoms with Gasteiger partial charge >= 0.3 is 11.8 Å². The largest absolute Gasteiger partial charge is 0.506 e. The number of benzene rings is 1. The summed E-state index contributed by atoms with van der Waals surface area (Å²) in [6.07, 6.45) is 1.54. The molecule has 2 amide bonds. The van der Waals surface area contributed by atoms with Gasteiger partial charge < -0.3 is 15.7 Å². The van der Waals surface area contributed by atoms with Gasteiger partial charge in [0.1, 0.15) is 11.6 Å². The Labute approximate surface area is 121 Å². The molecule has 2 rings (SSSR count). The maximum atomic E-state index is 11.8. The number of rotatable bonds is 2. The van der Waals surface area contributed by atoms with Crippen LogP contribution in [0.5, 0.6) is 5.75 Å². The van der Waals surface area contributed by atoms with Crippen molar-refractivity contribution in [2.24, 2.45) is 0 Å². The van der Waals surface area contributed by atoms with Gasteiger partial charge in [0.15, 0.2) is 0 Å². The molecule has 6 heteroatoms. The molecule has 0 saturated heterocycles. The van der Waals surface area contributed by atoms with Crippen LogP contribution in [0.25, 0.3) is 0 Å². The standard InChI is InChI=1S/C15H15N3O3/c1-9-3-4-11(12(19)7-9)17-14(20)15(21)18-13-8-10(2)5-6-16-13/h3-8,19H,1-2H3,(H,17,20)(H,16,18,21). The van der Waals surface area contributed by atoms with Crippen molar-refractivity contribution < 1.29 is 14.7 Å². The number of anilines is 2. The van der Waals surface area contributed by atoms with E-state index in [0.29, 0.717) is 5.82 Å². The summed E-state index contributed by atoms with van der Waals surface area (Å²) in [5.74, 6) is -1.53. The molecule has 0 aliphatic carbocycles. The van der Waals surface area contributed by atoms with Gasteiger partial charge in [-0.25, -0.2) is 4.98 Å². The van der Waals surface area contributed by atoms with E-state index in [-0.39, 0.29) is 11.4 Å². The third kappa shape index (κ3) is 3.79. The second kappa shape index (κ2) is 6.04. The molecule has 0 spiro atoms. The Balaban J connectivity index is 2.04. The highest BCUT2D eigenvalue weighted by molar-refractivity contribution is 6.43. The van der Waals surface area contributed by atoms with Crippen molar-refractivity contribution in [3.63, 3.8) is 0 Å². The van der Waals surface area contributed by atoms with E-state index in [9.17, 15) is 14.7 Å². The minimum absolute atomic E-state index is 0.0927. The number of aromatic hydroxyl groups is 1. The zero-order valence-corrected chi connectivity index (χ0v) is 11.7. The van der Waals surface area contributed by atoms with Gasteiger partial charge in [-0.2, -0.15) is 0 Å². The zero-order valence-electron chi connectivity index (χ0n) is 11.7. The number of phenols is 1. The lowest BCUT2D eigenvalue weighted by atomic mass is 10.2. The number of phenolic OH excluding ortho intramolecular Hbond substituents is 1. The van der Waals surface area contributed by atoms with Crippen LogP contribution in [0.4, 0.5) is 11.5 Å². The average Bonchev–Trinajstić information content (AvgIpc) is 2.41. The van der Waals surface area contributed by atoms with Crippen LogP contribution < -0.4 is 10.6 Å². The molecule has 0 atom stereocenters. The molecule has 0 aliphatic rings. The molecule has 1 aromatic carbocycles. The predicted octanol–water partition coefficient (Wildman–Crippen LogP) is 1.98. The first-order valence-corrected chi connectivity index (χ1v) is 6.30. The number of carbonyl (C=O) groups is 2. The minimum atomic E-state index is -0.877. The van der Waals surface area contributed by atoms with E-state index >= 15 is 0 Å². The van der Waals surface area contributed by atoms with Crippen LogP contribution in [-0.4, -0.2) is 21.9 Å². The van der Waals surface area contributed by atoms with Crippen LogP contribution in [0.2, 0.25) is 0 Å². The van der Waals surface area contributed by atoms with Gasteiger partial charge in [0.25, 0.3) is 0 Å². The fraction of sp³-hybridized carbons (Fsp3) is 0.133. The summed E-state index contributed by atoms with van der Waals surface area (Å²) in [6, 6.07) is 8.17. The Morgan fingerprint density at radius 2 is 1.67 bits per heavy atom. The van der Waals surface area contributed by atoms with E-state index in [1.807, 2.05) is 6.92 Å². The Morgan fingerprint density at radius 3 is 2.33 bits per heavy atom. The van der Waals surface area contributed by atoms with Crippen molar-refractivity contribution >= 4 is 23.3 Å². The SMILES string of the molecule is Cc1ccnc(NC(=O)C(=O)Nc2ccc(C)cc2O)c1. The molecule has 0 unspecified atom stereocenters. The summed E-state index contributed by atoms with van der Waals surface area (Å²) >= 11 is 0.